The zero-order valence-corrected chi connectivity index (χ0v) is 13.0. The van der Waals surface area contributed by atoms with Crippen LogP contribution in [0.15, 0.2) is 29.7 Å². The normalized spacial score (nSPS) is 20.8. The number of ether oxygens (including phenoxy) is 2. The van der Waals surface area contributed by atoms with Crippen molar-refractivity contribution in [1.29, 1.82) is 5.26 Å². The highest BCUT2D eigenvalue weighted by molar-refractivity contribution is 6.12. The van der Waals surface area contributed by atoms with Gasteiger partial charge in [0.1, 0.15) is 22.9 Å². The van der Waals surface area contributed by atoms with Crippen LogP contribution < -0.4 is 15.8 Å². The Labute approximate surface area is 141 Å². The predicted molar refractivity (Wildman–Crippen MR) is 82.6 cm³/mol. The van der Waals surface area contributed by atoms with E-state index in [9.17, 15) is 14.4 Å². The Morgan fingerprint density at radius 2 is 2.32 bits per heavy atom. The predicted octanol–water partition coefficient (Wildman–Crippen LogP) is 1.02. The van der Waals surface area contributed by atoms with E-state index >= 15 is 0 Å². The first-order valence-electron chi connectivity index (χ1n) is 7.30. The van der Waals surface area contributed by atoms with Gasteiger partial charge >= 0.3 is 0 Å². The van der Waals surface area contributed by atoms with Gasteiger partial charge in [-0.15, -0.1) is 5.10 Å². The molecule has 1 amide bonds. The van der Waals surface area contributed by atoms with Gasteiger partial charge in [0.15, 0.2) is 0 Å². The molecule has 4 rings (SSSR count). The number of hydrogen-bond donors (Lipinski definition) is 3. The summed E-state index contributed by atoms with van der Waals surface area (Å²) >= 11 is 0. The summed E-state index contributed by atoms with van der Waals surface area (Å²) in [5.41, 5.74) is 5.50. The highest BCUT2D eigenvalue weighted by Gasteiger charge is 2.58. The Balaban J connectivity index is 2.13. The Bertz CT molecular complexity index is 990. The minimum atomic E-state index is -1.65. The van der Waals surface area contributed by atoms with E-state index in [0.717, 1.165) is 0 Å². The van der Waals surface area contributed by atoms with E-state index in [1.807, 2.05) is 6.07 Å². The number of nitriles is 1. The van der Waals surface area contributed by atoms with Gasteiger partial charge in [-0.1, -0.05) is 0 Å². The van der Waals surface area contributed by atoms with E-state index in [2.05, 4.69) is 15.5 Å². The SMILES string of the molecule is COCc1[nH]nc2c1[C@]1(C(=O)Nc3ccc(F)cc31)C(C#N)=C(N)O2. The van der Waals surface area contributed by atoms with Crippen molar-refractivity contribution in [2.75, 3.05) is 12.4 Å². The zero-order chi connectivity index (χ0) is 17.8. The summed E-state index contributed by atoms with van der Waals surface area (Å²) in [5, 5.41) is 19.1. The molecule has 0 saturated heterocycles. The molecule has 0 saturated carbocycles. The average Bonchev–Trinajstić information content (AvgIpc) is 3.09. The second-order valence-corrected chi connectivity index (χ2v) is 5.66. The number of rotatable bonds is 2. The first kappa shape index (κ1) is 15.2. The fourth-order valence-corrected chi connectivity index (χ4v) is 3.44. The number of carbonyl (C=O) groups is 1. The topological polar surface area (TPSA) is 126 Å². The molecular weight excluding hydrogens is 329 g/mol. The monoisotopic (exact) mass is 341 g/mol. The van der Waals surface area contributed by atoms with Gasteiger partial charge in [-0.3, -0.25) is 9.89 Å². The first-order valence-corrected chi connectivity index (χ1v) is 7.30. The lowest BCUT2D eigenvalue weighted by Crippen LogP contribution is -2.42. The van der Waals surface area contributed by atoms with Gasteiger partial charge in [0.05, 0.1) is 17.9 Å². The maximum absolute atomic E-state index is 14.0. The molecule has 0 unspecified atom stereocenters. The van der Waals surface area contributed by atoms with Crippen LogP contribution in [0, 0.1) is 17.1 Å². The molecule has 0 aliphatic carbocycles. The number of aromatic amines is 1. The summed E-state index contributed by atoms with van der Waals surface area (Å²) in [7, 11) is 1.47. The molecular formula is C16H12FN5O3. The molecule has 0 fully saturated rings. The quantitative estimate of drug-likeness (QED) is 0.749. The first-order chi connectivity index (χ1) is 12.0. The van der Waals surface area contributed by atoms with Crippen molar-refractivity contribution in [1.82, 2.24) is 10.2 Å². The molecule has 9 heteroatoms. The summed E-state index contributed by atoms with van der Waals surface area (Å²) in [6.45, 7) is 0.0873. The van der Waals surface area contributed by atoms with Crippen LogP contribution in [0.2, 0.25) is 0 Å². The van der Waals surface area contributed by atoms with Crippen molar-refractivity contribution in [3.05, 3.63) is 52.3 Å². The second-order valence-electron chi connectivity index (χ2n) is 5.66. The summed E-state index contributed by atoms with van der Waals surface area (Å²) < 4.78 is 24.5. The summed E-state index contributed by atoms with van der Waals surface area (Å²) in [6, 6.07) is 5.81. The van der Waals surface area contributed by atoms with Crippen LogP contribution in [0.1, 0.15) is 16.8 Å². The minimum absolute atomic E-state index is 0.0517. The van der Waals surface area contributed by atoms with Crippen LogP contribution in [0.5, 0.6) is 5.88 Å². The maximum Gasteiger partial charge on any atom is 0.245 e. The number of benzene rings is 1. The van der Waals surface area contributed by atoms with Crippen LogP contribution in [0.4, 0.5) is 10.1 Å². The summed E-state index contributed by atoms with van der Waals surface area (Å²) in [5.74, 6) is -1.28. The molecule has 1 aromatic carbocycles. The molecule has 4 N–H and O–H groups in total. The van der Waals surface area contributed by atoms with Gasteiger partial charge in [-0.05, 0) is 18.2 Å². The van der Waals surface area contributed by atoms with Gasteiger partial charge in [-0.2, -0.15) is 5.26 Å². The van der Waals surface area contributed by atoms with Crippen molar-refractivity contribution in [2.24, 2.45) is 5.73 Å². The van der Waals surface area contributed by atoms with Crippen molar-refractivity contribution < 1.29 is 18.7 Å². The smallest absolute Gasteiger partial charge is 0.245 e. The number of halogens is 1. The molecule has 2 aromatic rings. The molecule has 2 aliphatic rings. The van der Waals surface area contributed by atoms with Crippen molar-refractivity contribution in [2.45, 2.75) is 12.0 Å². The molecule has 1 aromatic heterocycles. The van der Waals surface area contributed by atoms with Crippen LogP contribution in [0.3, 0.4) is 0 Å². The van der Waals surface area contributed by atoms with Gasteiger partial charge in [0.25, 0.3) is 0 Å². The van der Waals surface area contributed by atoms with E-state index in [-0.39, 0.29) is 29.5 Å². The lowest BCUT2D eigenvalue weighted by Gasteiger charge is -2.31. The molecule has 126 valence electrons. The van der Waals surface area contributed by atoms with E-state index in [1.165, 1.54) is 25.3 Å². The fraction of sp³-hybridized carbons (Fsp3) is 0.188. The number of H-pyrrole nitrogens is 1. The molecule has 3 heterocycles. The van der Waals surface area contributed by atoms with Gasteiger partial charge in [0.2, 0.25) is 17.7 Å². The lowest BCUT2D eigenvalue weighted by molar-refractivity contribution is -0.118. The van der Waals surface area contributed by atoms with Gasteiger partial charge in [-0.25, -0.2) is 4.39 Å². The molecule has 1 atom stereocenters. The molecule has 8 nitrogen and oxygen atoms in total. The summed E-state index contributed by atoms with van der Waals surface area (Å²) in [6.07, 6.45) is 0. The standard InChI is InChI=1S/C16H12FN5O3/c1-24-6-11-12-14(22-21-11)25-13(19)9(5-18)16(12)8-4-7(17)2-3-10(8)20-15(16)23/h2-4H,6,19H2,1H3,(H,20,23)(H,21,22)/t16-/m1/s1. The molecule has 0 bridgehead atoms. The number of aromatic nitrogens is 2. The molecule has 0 radical (unpaired) electrons. The van der Waals surface area contributed by atoms with Crippen LogP contribution >= 0.6 is 0 Å². The van der Waals surface area contributed by atoms with Crippen LogP contribution in [0.25, 0.3) is 0 Å². The molecule has 2 aliphatic heterocycles. The number of nitrogens with two attached hydrogens (primary N) is 1. The molecule has 1 spiro atoms. The lowest BCUT2D eigenvalue weighted by atomic mass is 9.69. The van der Waals surface area contributed by atoms with Gasteiger partial charge in [0, 0.05) is 18.4 Å². The highest BCUT2D eigenvalue weighted by atomic mass is 19.1. The van der Waals surface area contributed by atoms with E-state index in [1.54, 1.807) is 0 Å². The highest BCUT2D eigenvalue weighted by Crippen LogP contribution is 2.53. The number of nitrogens with zero attached hydrogens (tertiary/aromatic N) is 2. The number of methoxy groups -OCH3 is 1. The van der Waals surface area contributed by atoms with Gasteiger partial charge < -0.3 is 20.5 Å². The number of hydrogen-bond acceptors (Lipinski definition) is 6. The number of anilines is 1. The van der Waals surface area contributed by atoms with Crippen molar-refractivity contribution >= 4 is 11.6 Å². The Hall–Kier alpha value is -3.38. The number of fused-ring (bicyclic) bond motifs is 4. The number of nitrogens with one attached hydrogen (secondary N) is 2. The maximum atomic E-state index is 14.0. The van der Waals surface area contributed by atoms with Crippen LogP contribution in [-0.2, 0) is 21.6 Å². The number of amides is 1. The third-order valence-corrected chi connectivity index (χ3v) is 4.39. The largest absolute Gasteiger partial charge is 0.420 e. The Morgan fingerprint density at radius 1 is 1.52 bits per heavy atom. The van der Waals surface area contributed by atoms with E-state index < -0.39 is 17.1 Å². The zero-order valence-electron chi connectivity index (χ0n) is 13.0. The molecule has 25 heavy (non-hydrogen) atoms. The van der Waals surface area contributed by atoms with E-state index in [0.29, 0.717) is 16.9 Å². The third kappa shape index (κ3) is 1.77. The van der Waals surface area contributed by atoms with Crippen LogP contribution in [-0.4, -0.2) is 23.2 Å². The van der Waals surface area contributed by atoms with Crippen molar-refractivity contribution in [3.63, 3.8) is 0 Å². The Kier molecular flexibility index (Phi) is 3.07. The fourth-order valence-electron chi connectivity index (χ4n) is 3.44. The van der Waals surface area contributed by atoms with Crippen molar-refractivity contribution in [3.8, 4) is 11.9 Å². The van der Waals surface area contributed by atoms with E-state index in [4.69, 9.17) is 15.2 Å². The number of carbonyl (C=O) groups excluding carboxylic acids is 1. The summed E-state index contributed by atoms with van der Waals surface area (Å²) in [4.78, 5) is 13.0. The minimum Gasteiger partial charge on any atom is -0.420 e. The second kappa shape index (κ2) is 5.06. The Morgan fingerprint density at radius 3 is 3.04 bits per heavy atom. The average molecular weight is 341 g/mol. The third-order valence-electron chi connectivity index (χ3n) is 4.39.